The number of non-ortho nitro benzene ring substituents is 1. The Morgan fingerprint density at radius 1 is 1.21 bits per heavy atom. The van der Waals surface area contributed by atoms with Crippen LogP contribution in [0, 0.1) is 20.2 Å². The highest BCUT2D eigenvalue weighted by atomic mass is 16.6. The standard InChI is InChI=1S/C12H11N3O4/c1-9-3-2-6-13(8-9)11-5-4-10(14(16)17)7-12(11)15(18)19/h2-7H,8H2,1H3. The minimum Gasteiger partial charge on any atom is -0.338 e. The van der Waals surface area contributed by atoms with Gasteiger partial charge in [-0.15, -0.1) is 0 Å². The van der Waals surface area contributed by atoms with Gasteiger partial charge in [0, 0.05) is 18.8 Å². The summed E-state index contributed by atoms with van der Waals surface area (Å²) < 4.78 is 0. The number of nitro benzene ring substituents is 2. The van der Waals surface area contributed by atoms with Gasteiger partial charge in [0.15, 0.2) is 0 Å². The highest BCUT2D eigenvalue weighted by Gasteiger charge is 2.23. The summed E-state index contributed by atoms with van der Waals surface area (Å²) in [6.07, 6.45) is 5.40. The molecule has 7 heteroatoms. The second-order valence-corrected chi connectivity index (χ2v) is 4.17. The first-order valence-electron chi connectivity index (χ1n) is 5.52. The van der Waals surface area contributed by atoms with E-state index in [-0.39, 0.29) is 11.4 Å². The SMILES string of the molecule is CC1=CC=CN(c2ccc([N+](=O)[O-])cc2[N+](=O)[O-])C1. The van der Waals surface area contributed by atoms with Crippen molar-refractivity contribution in [1.29, 1.82) is 0 Å². The van der Waals surface area contributed by atoms with Gasteiger partial charge in [-0.3, -0.25) is 20.2 Å². The molecule has 1 aromatic carbocycles. The lowest BCUT2D eigenvalue weighted by molar-refractivity contribution is -0.393. The molecule has 1 aliphatic rings. The van der Waals surface area contributed by atoms with E-state index in [9.17, 15) is 20.2 Å². The molecular weight excluding hydrogens is 250 g/mol. The van der Waals surface area contributed by atoms with Gasteiger partial charge in [0.1, 0.15) is 5.69 Å². The van der Waals surface area contributed by atoms with Crippen LogP contribution in [0.25, 0.3) is 0 Å². The summed E-state index contributed by atoms with van der Waals surface area (Å²) >= 11 is 0. The monoisotopic (exact) mass is 261 g/mol. The Bertz CT molecular complexity index is 607. The average Bonchev–Trinajstić information content (AvgIpc) is 2.37. The summed E-state index contributed by atoms with van der Waals surface area (Å²) in [5.41, 5.74) is 0.840. The molecule has 0 saturated carbocycles. The van der Waals surface area contributed by atoms with Crippen LogP contribution in [-0.2, 0) is 0 Å². The van der Waals surface area contributed by atoms with E-state index in [1.165, 1.54) is 12.1 Å². The first kappa shape index (κ1) is 12.7. The van der Waals surface area contributed by atoms with Crippen LogP contribution >= 0.6 is 0 Å². The minimum atomic E-state index is -0.645. The Hall–Kier alpha value is -2.70. The molecule has 0 fully saturated rings. The molecule has 0 saturated heterocycles. The molecule has 19 heavy (non-hydrogen) atoms. The Balaban J connectivity index is 2.46. The molecule has 0 amide bonds. The van der Waals surface area contributed by atoms with Crippen LogP contribution in [0.5, 0.6) is 0 Å². The molecule has 0 radical (unpaired) electrons. The van der Waals surface area contributed by atoms with Crippen molar-refractivity contribution in [3.63, 3.8) is 0 Å². The smallest absolute Gasteiger partial charge is 0.299 e. The Morgan fingerprint density at radius 3 is 2.53 bits per heavy atom. The van der Waals surface area contributed by atoms with E-state index in [0.29, 0.717) is 12.2 Å². The van der Waals surface area contributed by atoms with E-state index < -0.39 is 9.85 Å². The van der Waals surface area contributed by atoms with E-state index in [2.05, 4.69) is 0 Å². The number of hydrogen-bond donors (Lipinski definition) is 0. The number of allylic oxidation sites excluding steroid dienone is 2. The van der Waals surface area contributed by atoms with Crippen LogP contribution in [-0.4, -0.2) is 16.4 Å². The summed E-state index contributed by atoms with van der Waals surface area (Å²) in [5.74, 6) is 0. The van der Waals surface area contributed by atoms with Gasteiger partial charge in [-0.25, -0.2) is 0 Å². The third-order valence-corrected chi connectivity index (χ3v) is 2.74. The van der Waals surface area contributed by atoms with Crippen molar-refractivity contribution in [2.45, 2.75) is 6.92 Å². The second-order valence-electron chi connectivity index (χ2n) is 4.17. The molecule has 0 N–H and O–H groups in total. The van der Waals surface area contributed by atoms with Crippen molar-refractivity contribution in [2.75, 3.05) is 11.4 Å². The first-order chi connectivity index (χ1) is 8.99. The maximum Gasteiger partial charge on any atom is 0.299 e. The highest BCUT2D eigenvalue weighted by Crippen LogP contribution is 2.33. The average molecular weight is 261 g/mol. The zero-order valence-electron chi connectivity index (χ0n) is 10.1. The molecule has 98 valence electrons. The van der Waals surface area contributed by atoms with Gasteiger partial charge in [0.25, 0.3) is 11.4 Å². The third kappa shape index (κ3) is 2.59. The molecule has 1 aromatic rings. The fourth-order valence-electron chi connectivity index (χ4n) is 1.87. The lowest BCUT2D eigenvalue weighted by Crippen LogP contribution is -2.21. The number of anilines is 1. The molecule has 7 nitrogen and oxygen atoms in total. The van der Waals surface area contributed by atoms with Crippen LogP contribution in [0.4, 0.5) is 17.1 Å². The molecule has 1 heterocycles. The first-order valence-corrected chi connectivity index (χ1v) is 5.52. The normalized spacial score (nSPS) is 14.2. The van der Waals surface area contributed by atoms with Crippen LogP contribution in [0.1, 0.15) is 6.92 Å². The number of hydrogen-bond acceptors (Lipinski definition) is 5. The summed E-state index contributed by atoms with van der Waals surface area (Å²) in [6, 6.07) is 3.65. The van der Waals surface area contributed by atoms with E-state index in [1.807, 2.05) is 13.0 Å². The largest absolute Gasteiger partial charge is 0.338 e. The molecule has 0 unspecified atom stereocenters. The van der Waals surface area contributed by atoms with E-state index in [4.69, 9.17) is 0 Å². The zero-order chi connectivity index (χ0) is 14.0. The molecular formula is C12H11N3O4. The summed E-state index contributed by atoms with van der Waals surface area (Å²) in [7, 11) is 0. The Labute approximate surface area is 108 Å². The van der Waals surface area contributed by atoms with Crippen molar-refractivity contribution in [2.24, 2.45) is 0 Å². The number of benzene rings is 1. The predicted molar refractivity (Wildman–Crippen MR) is 70.0 cm³/mol. The van der Waals surface area contributed by atoms with Gasteiger partial charge in [-0.1, -0.05) is 11.6 Å². The third-order valence-electron chi connectivity index (χ3n) is 2.74. The van der Waals surface area contributed by atoms with Gasteiger partial charge in [-0.05, 0) is 19.1 Å². The van der Waals surface area contributed by atoms with Crippen molar-refractivity contribution >= 4 is 17.1 Å². The Morgan fingerprint density at radius 2 is 1.95 bits per heavy atom. The van der Waals surface area contributed by atoms with Crippen molar-refractivity contribution < 1.29 is 9.85 Å². The van der Waals surface area contributed by atoms with Gasteiger partial charge in [0.2, 0.25) is 0 Å². The van der Waals surface area contributed by atoms with Gasteiger partial charge >= 0.3 is 0 Å². The van der Waals surface area contributed by atoms with Crippen molar-refractivity contribution in [3.05, 3.63) is 62.4 Å². The van der Waals surface area contributed by atoms with Gasteiger partial charge in [-0.2, -0.15) is 0 Å². The highest BCUT2D eigenvalue weighted by molar-refractivity contribution is 5.69. The summed E-state index contributed by atoms with van der Waals surface area (Å²) in [6.45, 7) is 2.43. The maximum absolute atomic E-state index is 11.0. The summed E-state index contributed by atoms with van der Waals surface area (Å²) in [4.78, 5) is 22.1. The number of nitro groups is 2. The van der Waals surface area contributed by atoms with Crippen LogP contribution < -0.4 is 4.90 Å². The zero-order valence-corrected chi connectivity index (χ0v) is 10.1. The molecule has 0 spiro atoms. The van der Waals surface area contributed by atoms with Crippen LogP contribution in [0.3, 0.4) is 0 Å². The van der Waals surface area contributed by atoms with Crippen LogP contribution in [0.2, 0.25) is 0 Å². The lowest BCUT2D eigenvalue weighted by atomic mass is 10.1. The van der Waals surface area contributed by atoms with Crippen molar-refractivity contribution in [3.8, 4) is 0 Å². The number of nitrogens with zero attached hydrogens (tertiary/aromatic N) is 3. The Kier molecular flexibility index (Phi) is 3.28. The molecule has 1 aliphatic heterocycles. The maximum atomic E-state index is 11.0. The van der Waals surface area contributed by atoms with E-state index in [0.717, 1.165) is 11.6 Å². The fourth-order valence-corrected chi connectivity index (χ4v) is 1.87. The molecule has 0 bridgehead atoms. The predicted octanol–water partition coefficient (Wildman–Crippen LogP) is 2.78. The number of rotatable bonds is 3. The molecule has 0 atom stereocenters. The van der Waals surface area contributed by atoms with Crippen molar-refractivity contribution in [1.82, 2.24) is 0 Å². The van der Waals surface area contributed by atoms with Gasteiger partial charge < -0.3 is 4.90 Å². The quantitative estimate of drug-likeness (QED) is 0.616. The summed E-state index contributed by atoms with van der Waals surface area (Å²) in [5, 5.41) is 21.7. The fraction of sp³-hybridized carbons (Fsp3) is 0.167. The lowest BCUT2D eigenvalue weighted by Gasteiger charge is -2.22. The molecule has 0 aliphatic carbocycles. The molecule has 2 rings (SSSR count). The molecule has 0 aromatic heterocycles. The second kappa shape index (κ2) is 4.89. The van der Waals surface area contributed by atoms with Crippen LogP contribution in [0.15, 0.2) is 42.1 Å². The van der Waals surface area contributed by atoms with E-state index >= 15 is 0 Å². The topological polar surface area (TPSA) is 89.5 Å². The van der Waals surface area contributed by atoms with Gasteiger partial charge in [0.05, 0.1) is 15.9 Å². The minimum absolute atomic E-state index is 0.270. The van der Waals surface area contributed by atoms with E-state index in [1.54, 1.807) is 17.2 Å².